The number of benzene rings is 1. The SMILES string of the molecule is Cc1ncn(-c2ccc(N)c(CC#N)c2)c1C. The largest absolute Gasteiger partial charge is 0.398 e. The minimum Gasteiger partial charge on any atom is -0.398 e. The third kappa shape index (κ3) is 2.00. The quantitative estimate of drug-likeness (QED) is 0.798. The van der Waals surface area contributed by atoms with Crippen molar-refractivity contribution in [3.8, 4) is 11.8 Å². The number of hydrogen-bond acceptors (Lipinski definition) is 3. The molecule has 0 spiro atoms. The van der Waals surface area contributed by atoms with Gasteiger partial charge in [-0.05, 0) is 37.6 Å². The molecule has 0 amide bonds. The Labute approximate surface area is 100 Å². The molecule has 1 heterocycles. The minimum atomic E-state index is 0.326. The Hall–Kier alpha value is -2.28. The van der Waals surface area contributed by atoms with Gasteiger partial charge in [-0.2, -0.15) is 5.26 Å². The van der Waals surface area contributed by atoms with Gasteiger partial charge in [0.05, 0.1) is 24.5 Å². The Morgan fingerprint density at radius 3 is 2.76 bits per heavy atom. The number of rotatable bonds is 2. The summed E-state index contributed by atoms with van der Waals surface area (Å²) >= 11 is 0. The predicted octanol–water partition coefficient (Wildman–Crippen LogP) is 2.14. The molecule has 0 saturated heterocycles. The van der Waals surface area contributed by atoms with E-state index in [1.807, 2.05) is 36.6 Å². The summed E-state index contributed by atoms with van der Waals surface area (Å²) in [5.41, 5.74) is 10.4. The van der Waals surface area contributed by atoms with Crippen LogP contribution < -0.4 is 5.73 Å². The van der Waals surface area contributed by atoms with Gasteiger partial charge in [-0.1, -0.05) is 0 Å². The summed E-state index contributed by atoms with van der Waals surface area (Å²) in [6.07, 6.45) is 2.11. The molecule has 2 rings (SSSR count). The summed E-state index contributed by atoms with van der Waals surface area (Å²) in [4.78, 5) is 4.26. The van der Waals surface area contributed by atoms with Crippen molar-refractivity contribution >= 4 is 5.69 Å². The fraction of sp³-hybridized carbons (Fsp3) is 0.231. The molecule has 17 heavy (non-hydrogen) atoms. The van der Waals surface area contributed by atoms with Gasteiger partial charge in [0.2, 0.25) is 0 Å². The van der Waals surface area contributed by atoms with Crippen molar-refractivity contribution in [1.82, 2.24) is 9.55 Å². The van der Waals surface area contributed by atoms with Crippen LogP contribution in [0, 0.1) is 25.2 Å². The maximum absolute atomic E-state index is 8.74. The second kappa shape index (κ2) is 4.30. The van der Waals surface area contributed by atoms with E-state index in [1.165, 1.54) is 0 Å². The van der Waals surface area contributed by atoms with E-state index >= 15 is 0 Å². The molecular formula is C13H14N4. The predicted molar refractivity (Wildman–Crippen MR) is 66.8 cm³/mol. The lowest BCUT2D eigenvalue weighted by Crippen LogP contribution is -1.99. The highest BCUT2D eigenvalue weighted by molar-refractivity contribution is 5.54. The van der Waals surface area contributed by atoms with E-state index in [1.54, 1.807) is 6.33 Å². The second-order valence-electron chi connectivity index (χ2n) is 4.00. The van der Waals surface area contributed by atoms with Crippen LogP contribution in [0.15, 0.2) is 24.5 Å². The summed E-state index contributed by atoms with van der Waals surface area (Å²) in [5.74, 6) is 0. The van der Waals surface area contributed by atoms with Crippen LogP contribution in [0.5, 0.6) is 0 Å². The van der Waals surface area contributed by atoms with E-state index < -0.39 is 0 Å². The summed E-state index contributed by atoms with van der Waals surface area (Å²) in [7, 11) is 0. The number of nitriles is 1. The highest BCUT2D eigenvalue weighted by atomic mass is 15.1. The van der Waals surface area contributed by atoms with Gasteiger partial charge >= 0.3 is 0 Å². The van der Waals surface area contributed by atoms with Gasteiger partial charge in [0, 0.05) is 17.1 Å². The Morgan fingerprint density at radius 1 is 1.41 bits per heavy atom. The minimum absolute atomic E-state index is 0.326. The molecule has 0 aliphatic rings. The molecule has 0 aliphatic carbocycles. The van der Waals surface area contributed by atoms with Crippen LogP contribution in [0.2, 0.25) is 0 Å². The smallest absolute Gasteiger partial charge is 0.0997 e. The lowest BCUT2D eigenvalue weighted by molar-refractivity contribution is 0.996. The van der Waals surface area contributed by atoms with E-state index in [0.29, 0.717) is 12.1 Å². The molecule has 0 aliphatic heterocycles. The fourth-order valence-corrected chi connectivity index (χ4v) is 1.74. The van der Waals surface area contributed by atoms with Crippen LogP contribution in [-0.4, -0.2) is 9.55 Å². The van der Waals surface area contributed by atoms with Crippen molar-refractivity contribution in [2.45, 2.75) is 20.3 Å². The average Bonchev–Trinajstić information content (AvgIpc) is 2.64. The van der Waals surface area contributed by atoms with Crippen LogP contribution in [0.25, 0.3) is 5.69 Å². The number of aryl methyl sites for hydroxylation is 1. The lowest BCUT2D eigenvalue weighted by Gasteiger charge is -2.08. The van der Waals surface area contributed by atoms with Crippen LogP contribution in [0.3, 0.4) is 0 Å². The van der Waals surface area contributed by atoms with Gasteiger partial charge in [0.15, 0.2) is 0 Å². The number of nitrogens with two attached hydrogens (primary N) is 1. The fourth-order valence-electron chi connectivity index (χ4n) is 1.74. The molecule has 0 bridgehead atoms. The van der Waals surface area contributed by atoms with Gasteiger partial charge < -0.3 is 10.3 Å². The average molecular weight is 226 g/mol. The first-order valence-electron chi connectivity index (χ1n) is 5.39. The van der Waals surface area contributed by atoms with Crippen LogP contribution in [-0.2, 0) is 6.42 Å². The molecule has 4 nitrogen and oxygen atoms in total. The van der Waals surface area contributed by atoms with Crippen molar-refractivity contribution in [3.05, 3.63) is 41.5 Å². The molecule has 0 saturated carbocycles. The van der Waals surface area contributed by atoms with Crippen molar-refractivity contribution in [2.24, 2.45) is 0 Å². The Morgan fingerprint density at radius 2 is 2.18 bits per heavy atom. The number of nitrogens with zero attached hydrogens (tertiary/aromatic N) is 3. The molecule has 2 N–H and O–H groups in total. The molecule has 1 aromatic heterocycles. The molecule has 1 aromatic carbocycles. The summed E-state index contributed by atoms with van der Waals surface area (Å²) in [6, 6.07) is 7.82. The Kier molecular flexibility index (Phi) is 2.84. The Bertz CT molecular complexity index is 590. The van der Waals surface area contributed by atoms with Gasteiger partial charge in [-0.3, -0.25) is 0 Å². The molecule has 86 valence electrons. The van der Waals surface area contributed by atoms with Crippen LogP contribution in [0.1, 0.15) is 17.0 Å². The number of nitrogen functional groups attached to an aromatic ring is 1. The Balaban J connectivity index is 2.50. The topological polar surface area (TPSA) is 67.6 Å². The third-order valence-corrected chi connectivity index (χ3v) is 2.93. The first-order valence-corrected chi connectivity index (χ1v) is 5.39. The standard InChI is InChI=1S/C13H14N4/c1-9-10(2)17(8-16-9)12-3-4-13(15)11(7-12)5-6-14/h3-4,7-8H,5,15H2,1-2H3. The lowest BCUT2D eigenvalue weighted by atomic mass is 10.1. The maximum Gasteiger partial charge on any atom is 0.0997 e. The first-order chi connectivity index (χ1) is 8.13. The summed E-state index contributed by atoms with van der Waals surface area (Å²) in [5, 5.41) is 8.74. The molecule has 0 atom stereocenters. The van der Waals surface area contributed by atoms with E-state index in [9.17, 15) is 0 Å². The van der Waals surface area contributed by atoms with Gasteiger partial charge in [-0.15, -0.1) is 0 Å². The number of anilines is 1. The van der Waals surface area contributed by atoms with Crippen molar-refractivity contribution in [2.75, 3.05) is 5.73 Å². The normalized spacial score (nSPS) is 10.2. The highest BCUT2D eigenvalue weighted by Gasteiger charge is 2.06. The van der Waals surface area contributed by atoms with Crippen LogP contribution in [0.4, 0.5) is 5.69 Å². The van der Waals surface area contributed by atoms with Gasteiger partial charge in [-0.25, -0.2) is 4.98 Å². The maximum atomic E-state index is 8.74. The molecular weight excluding hydrogens is 212 g/mol. The molecule has 2 aromatic rings. The molecule has 0 radical (unpaired) electrons. The number of aromatic nitrogens is 2. The monoisotopic (exact) mass is 226 g/mol. The summed E-state index contributed by atoms with van der Waals surface area (Å²) < 4.78 is 2.00. The highest BCUT2D eigenvalue weighted by Crippen LogP contribution is 2.19. The van der Waals surface area contributed by atoms with Crippen LogP contribution >= 0.6 is 0 Å². The van der Waals surface area contributed by atoms with Crippen molar-refractivity contribution in [3.63, 3.8) is 0 Å². The number of imidazole rings is 1. The molecule has 0 unspecified atom stereocenters. The van der Waals surface area contributed by atoms with Crippen molar-refractivity contribution < 1.29 is 0 Å². The zero-order valence-electron chi connectivity index (χ0n) is 9.94. The van der Waals surface area contributed by atoms with Gasteiger partial charge in [0.25, 0.3) is 0 Å². The van der Waals surface area contributed by atoms with E-state index in [2.05, 4.69) is 11.1 Å². The van der Waals surface area contributed by atoms with E-state index in [0.717, 1.165) is 22.6 Å². The van der Waals surface area contributed by atoms with Crippen molar-refractivity contribution in [1.29, 1.82) is 5.26 Å². The zero-order chi connectivity index (χ0) is 12.4. The number of hydrogen-bond donors (Lipinski definition) is 1. The second-order valence-corrected chi connectivity index (χ2v) is 4.00. The first kappa shape index (κ1) is 11.2. The third-order valence-electron chi connectivity index (χ3n) is 2.93. The van der Waals surface area contributed by atoms with E-state index in [4.69, 9.17) is 11.0 Å². The summed E-state index contributed by atoms with van der Waals surface area (Å²) in [6.45, 7) is 3.99. The zero-order valence-corrected chi connectivity index (χ0v) is 9.94. The van der Waals surface area contributed by atoms with E-state index in [-0.39, 0.29) is 0 Å². The molecule has 0 fully saturated rings. The van der Waals surface area contributed by atoms with Gasteiger partial charge in [0.1, 0.15) is 0 Å². The molecule has 4 heteroatoms.